The van der Waals surface area contributed by atoms with Crippen molar-refractivity contribution in [2.24, 2.45) is 23.7 Å². The number of piperazine rings is 1. The number of piperidine rings is 2. The Labute approximate surface area is 277 Å². The summed E-state index contributed by atoms with van der Waals surface area (Å²) in [7, 11) is 0. The molecule has 258 valence electrons. The molecule has 12 unspecified atom stereocenters. The number of fused-ring (bicyclic) bond motifs is 5. The van der Waals surface area contributed by atoms with Crippen molar-refractivity contribution < 1.29 is 23.1 Å². The Morgan fingerprint density at radius 1 is 1.11 bits per heavy atom. The number of ether oxygens (including phenoxy) is 1. The van der Waals surface area contributed by atoms with Crippen LogP contribution < -0.4 is 16.0 Å². The van der Waals surface area contributed by atoms with Gasteiger partial charge in [-0.05, 0) is 70.8 Å². The Morgan fingerprint density at radius 3 is 2.61 bits per heavy atom. The predicted octanol–water partition coefficient (Wildman–Crippen LogP) is 3.35. The molecule has 1 aliphatic carbocycles. The van der Waals surface area contributed by atoms with Crippen LogP contribution in [0.5, 0.6) is 0 Å². The number of alkyl halides is 3. The van der Waals surface area contributed by atoms with Crippen LogP contribution in [-0.2, 0) is 9.53 Å². The fourth-order valence-electron chi connectivity index (χ4n) is 9.74. The van der Waals surface area contributed by atoms with E-state index in [-0.39, 0.29) is 79.3 Å². The summed E-state index contributed by atoms with van der Waals surface area (Å²) in [4.78, 5) is 33.3. The molecule has 0 spiro atoms. The average molecular weight is 668 g/mol. The number of amides is 3. The van der Waals surface area contributed by atoms with Crippen LogP contribution in [0.1, 0.15) is 72.6 Å². The Kier molecular flexibility index (Phi) is 10.4. The summed E-state index contributed by atoms with van der Waals surface area (Å²) in [6, 6.07) is 0.978. The van der Waals surface area contributed by atoms with E-state index in [2.05, 4.69) is 34.7 Å². The summed E-state index contributed by atoms with van der Waals surface area (Å²) < 4.78 is 37.6. The molecule has 0 aromatic carbocycles. The SMILES string of the molecule is CC(C)C1NCCC2CCCOC3C(F)CCC(F)C3C3NC4C(CC3Cl)C(N3C[C@@H](C)N(C(=O)CC#N)C[C@@H]3C)NC(=O)N4C21. The second-order valence-electron chi connectivity index (χ2n) is 15.1. The van der Waals surface area contributed by atoms with Gasteiger partial charge in [0.2, 0.25) is 5.91 Å². The molecule has 14 atom stereocenters. The van der Waals surface area contributed by atoms with Gasteiger partial charge in [-0.25, -0.2) is 13.6 Å². The Morgan fingerprint density at radius 2 is 1.87 bits per heavy atom. The minimum atomic E-state index is -1.26. The van der Waals surface area contributed by atoms with Crippen LogP contribution in [0.2, 0.25) is 0 Å². The Bertz CT molecular complexity index is 1160. The lowest BCUT2D eigenvalue weighted by Crippen LogP contribution is -2.80. The fraction of sp³-hybridized carbons (Fsp3) is 0.909. The van der Waals surface area contributed by atoms with Crippen LogP contribution in [0.25, 0.3) is 0 Å². The topological polar surface area (TPSA) is 113 Å². The van der Waals surface area contributed by atoms with Crippen molar-refractivity contribution in [3.05, 3.63) is 0 Å². The highest BCUT2D eigenvalue weighted by atomic mass is 35.5. The van der Waals surface area contributed by atoms with Crippen molar-refractivity contribution in [1.82, 2.24) is 30.7 Å². The van der Waals surface area contributed by atoms with E-state index in [1.165, 1.54) is 0 Å². The van der Waals surface area contributed by atoms with Gasteiger partial charge < -0.3 is 25.2 Å². The Balaban J connectivity index is 1.38. The predicted molar refractivity (Wildman–Crippen MR) is 170 cm³/mol. The summed E-state index contributed by atoms with van der Waals surface area (Å²) in [5, 5.41) is 19.5. The zero-order chi connectivity index (χ0) is 32.9. The maximum Gasteiger partial charge on any atom is 0.320 e. The van der Waals surface area contributed by atoms with Gasteiger partial charge in [0.25, 0.3) is 0 Å². The molecule has 0 radical (unpaired) electrons. The van der Waals surface area contributed by atoms with Gasteiger partial charge in [0, 0.05) is 61.1 Å². The first-order valence-corrected chi connectivity index (χ1v) is 18.0. The quantitative estimate of drug-likeness (QED) is 0.396. The van der Waals surface area contributed by atoms with Gasteiger partial charge in [-0.15, -0.1) is 11.6 Å². The first kappa shape index (κ1) is 34.1. The van der Waals surface area contributed by atoms with Crippen LogP contribution >= 0.6 is 11.6 Å². The van der Waals surface area contributed by atoms with Crippen molar-refractivity contribution in [3.8, 4) is 6.07 Å². The highest BCUT2D eigenvalue weighted by molar-refractivity contribution is 6.21. The number of halogens is 3. The molecule has 6 rings (SSSR count). The average Bonchev–Trinajstić information content (AvgIpc) is 3.01. The van der Waals surface area contributed by atoms with Crippen LogP contribution in [0.15, 0.2) is 0 Å². The molecule has 5 heterocycles. The van der Waals surface area contributed by atoms with Crippen LogP contribution in [0.4, 0.5) is 13.6 Å². The molecule has 0 aromatic heterocycles. The number of nitriles is 1. The zero-order valence-electron chi connectivity index (χ0n) is 27.6. The van der Waals surface area contributed by atoms with Crippen LogP contribution in [0.3, 0.4) is 0 Å². The van der Waals surface area contributed by atoms with Crippen molar-refractivity contribution in [2.45, 2.75) is 139 Å². The minimum Gasteiger partial charge on any atom is -0.375 e. The third-order valence-corrected chi connectivity index (χ3v) is 12.4. The molecule has 3 amide bonds. The molecule has 6 aliphatic rings. The van der Waals surface area contributed by atoms with E-state index in [9.17, 15) is 9.59 Å². The van der Waals surface area contributed by atoms with E-state index in [4.69, 9.17) is 21.6 Å². The van der Waals surface area contributed by atoms with Gasteiger partial charge in [-0.2, -0.15) is 5.26 Å². The second-order valence-corrected chi connectivity index (χ2v) is 15.6. The standard InChI is InChI=1S/C33H52ClF2N7O3/c1-17(2)27-29-20(10-12-38-27)6-5-13-46-30-24(36)8-7-23(35)26(30)28-22(34)14-21-31(40-33(45)43(29)32(21)39-28)42-16-18(3)41(15-19(42)4)25(44)9-11-37/h17-24,26-32,38-39H,5-10,12-16H2,1-4H3,(H,40,45)/t18-,19+,20?,21?,22?,23?,24?,26?,27?,28?,29?,30?,31?,32?/m1/s1. The lowest BCUT2D eigenvalue weighted by Gasteiger charge is -2.61. The maximum absolute atomic E-state index is 15.9. The number of urea groups is 1. The highest BCUT2D eigenvalue weighted by Gasteiger charge is 2.58. The Hall–Kier alpha value is -1.78. The number of carbonyl (C=O) groups excluding carboxylic acids is 2. The number of hydrogen-bond acceptors (Lipinski definition) is 7. The first-order valence-electron chi connectivity index (χ1n) is 17.6. The number of nitrogens with zero attached hydrogens (tertiary/aromatic N) is 4. The molecule has 3 N–H and O–H groups in total. The highest BCUT2D eigenvalue weighted by Crippen LogP contribution is 2.44. The molecule has 5 aliphatic heterocycles. The van der Waals surface area contributed by atoms with E-state index >= 15 is 8.78 Å². The fourth-order valence-corrected chi connectivity index (χ4v) is 10.2. The number of carbonyl (C=O) groups is 2. The van der Waals surface area contributed by atoms with Crippen molar-refractivity contribution in [1.29, 1.82) is 5.26 Å². The van der Waals surface area contributed by atoms with Gasteiger partial charge in [-0.1, -0.05) is 13.8 Å². The monoisotopic (exact) mass is 667 g/mol. The van der Waals surface area contributed by atoms with Crippen molar-refractivity contribution in [2.75, 3.05) is 26.2 Å². The minimum absolute atomic E-state index is 0.0692. The summed E-state index contributed by atoms with van der Waals surface area (Å²) in [5.74, 6) is -0.597. The molecule has 2 bridgehead atoms. The van der Waals surface area contributed by atoms with E-state index in [1.54, 1.807) is 4.90 Å². The van der Waals surface area contributed by atoms with E-state index < -0.39 is 41.9 Å². The molecule has 46 heavy (non-hydrogen) atoms. The number of rotatable bonds is 3. The molecule has 0 aromatic rings. The van der Waals surface area contributed by atoms with Gasteiger partial charge in [0.1, 0.15) is 18.8 Å². The first-order chi connectivity index (χ1) is 22.0. The third kappa shape index (κ3) is 6.24. The largest absolute Gasteiger partial charge is 0.375 e. The molecular weight excluding hydrogens is 616 g/mol. The van der Waals surface area contributed by atoms with Gasteiger partial charge >= 0.3 is 6.03 Å². The summed E-state index contributed by atoms with van der Waals surface area (Å²) in [6.07, 6.45) is -1.15. The normalized spacial score (nSPS) is 45.4. The van der Waals surface area contributed by atoms with E-state index in [1.807, 2.05) is 24.8 Å². The lowest BCUT2D eigenvalue weighted by atomic mass is 9.72. The summed E-state index contributed by atoms with van der Waals surface area (Å²) in [5.41, 5.74) is 0. The van der Waals surface area contributed by atoms with E-state index in [0.29, 0.717) is 26.1 Å². The smallest absolute Gasteiger partial charge is 0.320 e. The van der Waals surface area contributed by atoms with Crippen LogP contribution in [-0.4, -0.2) is 119 Å². The molecule has 13 heteroatoms. The number of hydrogen-bond donors (Lipinski definition) is 3. The molecule has 5 saturated heterocycles. The number of nitrogens with one attached hydrogen (secondary N) is 3. The molecular formula is C33H52ClF2N7O3. The molecule has 6 fully saturated rings. The molecule has 1 saturated carbocycles. The maximum atomic E-state index is 15.9. The zero-order valence-corrected chi connectivity index (χ0v) is 28.3. The molecule has 10 nitrogen and oxygen atoms in total. The van der Waals surface area contributed by atoms with E-state index in [0.717, 1.165) is 25.8 Å². The summed E-state index contributed by atoms with van der Waals surface area (Å²) >= 11 is 7.22. The van der Waals surface area contributed by atoms with Gasteiger partial charge in [0.15, 0.2) is 0 Å². The van der Waals surface area contributed by atoms with Crippen LogP contribution in [0, 0.1) is 35.0 Å². The van der Waals surface area contributed by atoms with Gasteiger partial charge in [0.05, 0.1) is 30.5 Å². The third-order valence-electron chi connectivity index (χ3n) is 11.9. The van der Waals surface area contributed by atoms with Gasteiger partial charge in [-0.3, -0.25) is 15.0 Å². The summed E-state index contributed by atoms with van der Waals surface area (Å²) in [6.45, 7) is 10.6. The lowest BCUT2D eigenvalue weighted by molar-refractivity contribution is -0.141. The second kappa shape index (κ2) is 14.0. The van der Waals surface area contributed by atoms with Crippen molar-refractivity contribution in [3.63, 3.8) is 0 Å². The van der Waals surface area contributed by atoms with Crippen molar-refractivity contribution >= 4 is 23.5 Å².